The number of nitrogens with zero attached hydrogens (tertiary/aromatic N) is 2. The molecular formula is C17H13FN2O2S. The molecule has 0 radical (unpaired) electrons. The second-order valence-electron chi connectivity index (χ2n) is 4.75. The lowest BCUT2D eigenvalue weighted by molar-refractivity contribution is 0.421. The van der Waals surface area contributed by atoms with Gasteiger partial charge in [-0.25, -0.2) is 4.39 Å². The Bertz CT molecular complexity index is 801. The van der Waals surface area contributed by atoms with Crippen molar-refractivity contribution in [3.05, 3.63) is 82.8 Å². The Kier molecular flexibility index (Phi) is 4.73. The van der Waals surface area contributed by atoms with Crippen molar-refractivity contribution >= 4 is 17.5 Å². The molecule has 1 N–H and O–H groups in total. The van der Waals surface area contributed by atoms with Crippen LogP contribution in [0.5, 0.6) is 0 Å². The van der Waals surface area contributed by atoms with Crippen molar-refractivity contribution in [2.75, 3.05) is 0 Å². The van der Waals surface area contributed by atoms with Gasteiger partial charge < -0.3 is 9.52 Å². The Morgan fingerprint density at radius 1 is 1.09 bits per heavy atom. The summed E-state index contributed by atoms with van der Waals surface area (Å²) in [6, 6.07) is 15.4. The molecule has 3 aromatic rings. The summed E-state index contributed by atoms with van der Waals surface area (Å²) in [4.78, 5) is 0. The minimum atomic E-state index is -0.350. The molecular weight excluding hydrogens is 315 g/mol. The van der Waals surface area contributed by atoms with Gasteiger partial charge in [0.1, 0.15) is 11.6 Å². The summed E-state index contributed by atoms with van der Waals surface area (Å²) < 4.78 is 18.4. The van der Waals surface area contributed by atoms with Crippen LogP contribution in [0.4, 0.5) is 4.39 Å². The number of aliphatic hydroxyl groups excluding tert-OH is 1. The molecule has 0 unspecified atom stereocenters. The van der Waals surface area contributed by atoms with Gasteiger partial charge in [-0.1, -0.05) is 30.3 Å². The standard InChI is InChI=1S/C17H13FN2O2S/c18-14-8-6-13(7-9-14)15(21)11-23-17-20-19-16(22-17)10-12-4-2-1-3-5-12/h1-9,11,21H,10H2/b15-11+. The molecule has 0 fully saturated rings. The van der Waals surface area contributed by atoms with Gasteiger partial charge in [0.15, 0.2) is 0 Å². The molecule has 0 saturated heterocycles. The zero-order chi connectivity index (χ0) is 16.1. The number of aliphatic hydroxyl groups is 1. The van der Waals surface area contributed by atoms with Crippen molar-refractivity contribution in [3.8, 4) is 0 Å². The number of benzene rings is 2. The zero-order valence-electron chi connectivity index (χ0n) is 12.0. The van der Waals surface area contributed by atoms with Crippen molar-refractivity contribution in [2.24, 2.45) is 0 Å². The van der Waals surface area contributed by atoms with Crippen molar-refractivity contribution in [2.45, 2.75) is 11.6 Å². The summed E-state index contributed by atoms with van der Waals surface area (Å²) in [7, 11) is 0. The molecule has 2 aromatic carbocycles. The molecule has 0 spiro atoms. The summed E-state index contributed by atoms with van der Waals surface area (Å²) in [6.07, 6.45) is 0.558. The highest BCUT2D eigenvalue weighted by atomic mass is 32.2. The molecule has 0 aliphatic carbocycles. The minimum Gasteiger partial charge on any atom is -0.507 e. The smallest absolute Gasteiger partial charge is 0.281 e. The van der Waals surface area contributed by atoms with E-state index in [0.717, 1.165) is 17.3 Å². The number of thioether (sulfide) groups is 1. The maximum atomic E-state index is 12.8. The Morgan fingerprint density at radius 3 is 2.57 bits per heavy atom. The molecule has 0 amide bonds. The molecule has 0 bridgehead atoms. The Hall–Kier alpha value is -2.60. The van der Waals surface area contributed by atoms with E-state index >= 15 is 0 Å². The SMILES string of the molecule is O/C(=C/Sc1nnc(Cc2ccccc2)o1)c1ccc(F)cc1. The van der Waals surface area contributed by atoms with E-state index in [1.165, 1.54) is 29.7 Å². The zero-order valence-corrected chi connectivity index (χ0v) is 12.8. The molecule has 0 atom stereocenters. The first-order valence-corrected chi connectivity index (χ1v) is 7.77. The first-order valence-electron chi connectivity index (χ1n) is 6.89. The Morgan fingerprint density at radius 2 is 1.83 bits per heavy atom. The monoisotopic (exact) mass is 328 g/mol. The molecule has 1 aromatic heterocycles. The second-order valence-corrected chi connectivity index (χ2v) is 5.57. The highest BCUT2D eigenvalue weighted by Crippen LogP contribution is 2.23. The van der Waals surface area contributed by atoms with Crippen molar-refractivity contribution in [1.29, 1.82) is 0 Å². The lowest BCUT2D eigenvalue weighted by Crippen LogP contribution is -1.87. The Labute approximate surface area is 136 Å². The van der Waals surface area contributed by atoms with E-state index in [1.807, 2.05) is 30.3 Å². The molecule has 1 heterocycles. The van der Waals surface area contributed by atoms with Gasteiger partial charge in [-0.3, -0.25) is 0 Å². The fourth-order valence-electron chi connectivity index (χ4n) is 1.92. The summed E-state index contributed by atoms with van der Waals surface area (Å²) in [5, 5.41) is 19.7. The Balaban J connectivity index is 1.64. The van der Waals surface area contributed by atoms with E-state index in [1.54, 1.807) is 0 Å². The third-order valence-electron chi connectivity index (χ3n) is 3.06. The van der Waals surface area contributed by atoms with Crippen LogP contribution in [0.3, 0.4) is 0 Å². The third-order valence-corrected chi connectivity index (χ3v) is 3.77. The van der Waals surface area contributed by atoms with Crippen LogP contribution < -0.4 is 0 Å². The highest BCUT2D eigenvalue weighted by molar-refractivity contribution is 8.02. The maximum Gasteiger partial charge on any atom is 0.281 e. The van der Waals surface area contributed by atoms with E-state index in [-0.39, 0.29) is 11.6 Å². The average molecular weight is 328 g/mol. The molecule has 4 nitrogen and oxygen atoms in total. The van der Waals surface area contributed by atoms with E-state index in [0.29, 0.717) is 23.1 Å². The third kappa shape index (κ3) is 4.20. The predicted molar refractivity (Wildman–Crippen MR) is 86.4 cm³/mol. The van der Waals surface area contributed by atoms with Gasteiger partial charge in [0.2, 0.25) is 5.89 Å². The first-order chi connectivity index (χ1) is 11.2. The van der Waals surface area contributed by atoms with E-state index in [2.05, 4.69) is 10.2 Å². The van der Waals surface area contributed by atoms with Crippen LogP contribution >= 0.6 is 11.8 Å². The van der Waals surface area contributed by atoms with Gasteiger partial charge in [-0.05, 0) is 41.6 Å². The normalized spacial score (nSPS) is 11.6. The lowest BCUT2D eigenvalue weighted by Gasteiger charge is -1.98. The second kappa shape index (κ2) is 7.11. The molecule has 0 aliphatic rings. The quantitative estimate of drug-likeness (QED) is 0.554. The van der Waals surface area contributed by atoms with Crippen LogP contribution in [0.2, 0.25) is 0 Å². The number of aromatic nitrogens is 2. The van der Waals surface area contributed by atoms with Gasteiger partial charge >= 0.3 is 0 Å². The van der Waals surface area contributed by atoms with Crippen molar-refractivity contribution < 1.29 is 13.9 Å². The van der Waals surface area contributed by atoms with Gasteiger partial charge in [0.05, 0.1) is 6.42 Å². The highest BCUT2D eigenvalue weighted by Gasteiger charge is 2.07. The summed E-state index contributed by atoms with van der Waals surface area (Å²) in [5.74, 6) is 0.169. The molecule has 3 rings (SSSR count). The molecule has 6 heteroatoms. The van der Waals surface area contributed by atoms with Crippen LogP contribution in [0.15, 0.2) is 69.6 Å². The van der Waals surface area contributed by atoms with Crippen LogP contribution in [-0.4, -0.2) is 15.3 Å². The van der Waals surface area contributed by atoms with Gasteiger partial charge in [-0.2, -0.15) is 0 Å². The minimum absolute atomic E-state index is 0.0119. The fourth-order valence-corrected chi connectivity index (χ4v) is 2.50. The van der Waals surface area contributed by atoms with Crippen LogP contribution in [0, 0.1) is 5.82 Å². The van der Waals surface area contributed by atoms with Gasteiger partial charge in [0, 0.05) is 11.0 Å². The molecule has 0 aliphatic heterocycles. The van der Waals surface area contributed by atoms with E-state index < -0.39 is 0 Å². The summed E-state index contributed by atoms with van der Waals surface area (Å²) >= 11 is 1.11. The number of hydrogen-bond acceptors (Lipinski definition) is 5. The topological polar surface area (TPSA) is 59.2 Å². The van der Waals surface area contributed by atoms with Crippen LogP contribution in [-0.2, 0) is 6.42 Å². The molecule has 23 heavy (non-hydrogen) atoms. The fraction of sp³-hybridized carbons (Fsp3) is 0.0588. The van der Waals surface area contributed by atoms with E-state index in [9.17, 15) is 9.50 Å². The summed E-state index contributed by atoms with van der Waals surface area (Å²) in [5.41, 5.74) is 1.60. The average Bonchev–Trinajstić information content (AvgIpc) is 3.02. The van der Waals surface area contributed by atoms with Gasteiger partial charge in [0.25, 0.3) is 5.22 Å². The van der Waals surface area contributed by atoms with Crippen LogP contribution in [0.1, 0.15) is 17.0 Å². The van der Waals surface area contributed by atoms with Crippen molar-refractivity contribution in [1.82, 2.24) is 10.2 Å². The number of hydrogen-bond donors (Lipinski definition) is 1. The maximum absolute atomic E-state index is 12.8. The van der Waals surface area contributed by atoms with Crippen molar-refractivity contribution in [3.63, 3.8) is 0 Å². The lowest BCUT2D eigenvalue weighted by atomic mass is 10.2. The largest absolute Gasteiger partial charge is 0.507 e. The number of halogens is 1. The number of rotatable bonds is 5. The molecule has 116 valence electrons. The van der Waals surface area contributed by atoms with Gasteiger partial charge in [-0.15, -0.1) is 10.2 Å². The predicted octanol–water partition coefficient (Wildman–Crippen LogP) is 4.45. The van der Waals surface area contributed by atoms with E-state index in [4.69, 9.17) is 4.42 Å². The molecule has 0 saturated carbocycles. The first kappa shape index (κ1) is 15.3. The summed E-state index contributed by atoms with van der Waals surface area (Å²) in [6.45, 7) is 0. The van der Waals surface area contributed by atoms with Crippen LogP contribution in [0.25, 0.3) is 5.76 Å².